The molecule has 0 saturated heterocycles. The Morgan fingerprint density at radius 3 is 2.86 bits per heavy atom. The summed E-state index contributed by atoms with van der Waals surface area (Å²) in [5.74, 6) is 0.623. The third-order valence-corrected chi connectivity index (χ3v) is 3.59. The molecule has 0 radical (unpaired) electrons. The van der Waals surface area contributed by atoms with E-state index >= 15 is 0 Å². The van der Waals surface area contributed by atoms with Crippen molar-refractivity contribution >= 4 is 17.5 Å². The Morgan fingerprint density at radius 1 is 1.33 bits per heavy atom. The third-order valence-electron chi connectivity index (χ3n) is 3.59. The van der Waals surface area contributed by atoms with Gasteiger partial charge in [-0.2, -0.15) is 9.61 Å². The Bertz CT molecular complexity index is 666. The maximum atomic E-state index is 12.1. The van der Waals surface area contributed by atoms with Crippen LogP contribution < -0.4 is 10.6 Å². The number of rotatable bonds is 2. The van der Waals surface area contributed by atoms with E-state index in [4.69, 9.17) is 0 Å². The van der Waals surface area contributed by atoms with Gasteiger partial charge in [-0.1, -0.05) is 12.2 Å². The highest BCUT2D eigenvalue weighted by Crippen LogP contribution is 2.13. The molecule has 110 valence electrons. The van der Waals surface area contributed by atoms with Crippen molar-refractivity contribution in [3.05, 3.63) is 36.2 Å². The number of urea groups is 1. The van der Waals surface area contributed by atoms with E-state index in [2.05, 4.69) is 32.9 Å². The second-order valence-corrected chi connectivity index (χ2v) is 5.31. The second-order valence-electron chi connectivity index (χ2n) is 5.31. The molecule has 1 aliphatic rings. The van der Waals surface area contributed by atoms with Gasteiger partial charge in [0, 0.05) is 18.3 Å². The van der Waals surface area contributed by atoms with E-state index in [1.165, 1.54) is 0 Å². The Balaban J connectivity index is 1.68. The first-order chi connectivity index (χ1) is 10.2. The van der Waals surface area contributed by atoms with Gasteiger partial charge in [-0.05, 0) is 38.7 Å². The van der Waals surface area contributed by atoms with Crippen LogP contribution in [0.1, 0.15) is 31.4 Å². The Labute approximate surface area is 123 Å². The second kappa shape index (κ2) is 5.95. The minimum Gasteiger partial charge on any atom is -0.335 e. The SMILES string of the molecule is Cc1cc2nccc(NC(=O)NC3CCC=CCC3)n2n1. The summed E-state index contributed by atoms with van der Waals surface area (Å²) in [6.45, 7) is 1.90. The molecule has 2 aromatic rings. The molecule has 3 rings (SSSR count). The molecule has 2 N–H and O–H groups in total. The van der Waals surface area contributed by atoms with Gasteiger partial charge in [0.2, 0.25) is 0 Å². The zero-order valence-electron chi connectivity index (χ0n) is 12.0. The number of hydrogen-bond donors (Lipinski definition) is 2. The molecule has 1 aliphatic carbocycles. The predicted octanol–water partition coefficient (Wildman–Crippen LogP) is 2.66. The first-order valence-electron chi connectivity index (χ1n) is 7.26. The van der Waals surface area contributed by atoms with Crippen molar-refractivity contribution in [3.63, 3.8) is 0 Å². The zero-order chi connectivity index (χ0) is 14.7. The molecule has 2 aromatic heterocycles. The number of aromatic nitrogens is 3. The zero-order valence-corrected chi connectivity index (χ0v) is 12.0. The molecule has 6 heteroatoms. The molecule has 0 aromatic carbocycles. The van der Waals surface area contributed by atoms with Crippen LogP contribution in [-0.4, -0.2) is 26.7 Å². The van der Waals surface area contributed by atoms with E-state index < -0.39 is 0 Å². The smallest absolute Gasteiger partial charge is 0.320 e. The van der Waals surface area contributed by atoms with Crippen molar-refractivity contribution in [1.82, 2.24) is 19.9 Å². The summed E-state index contributed by atoms with van der Waals surface area (Å²) in [4.78, 5) is 16.4. The van der Waals surface area contributed by atoms with Gasteiger partial charge in [0.25, 0.3) is 0 Å². The number of anilines is 1. The normalized spacial score (nSPS) is 15.9. The molecule has 0 unspecified atom stereocenters. The van der Waals surface area contributed by atoms with E-state index in [1.54, 1.807) is 16.8 Å². The average molecular weight is 285 g/mol. The fourth-order valence-electron chi connectivity index (χ4n) is 2.56. The van der Waals surface area contributed by atoms with E-state index in [9.17, 15) is 4.79 Å². The standard InChI is InChI=1S/C15H19N5O/c1-11-10-14-16-9-8-13(20(14)19-11)18-15(21)17-12-6-4-2-3-5-7-12/h2-3,8-10,12H,4-7H2,1H3,(H2,17,18,21). The first-order valence-corrected chi connectivity index (χ1v) is 7.26. The minimum absolute atomic E-state index is 0.192. The van der Waals surface area contributed by atoms with E-state index in [-0.39, 0.29) is 12.1 Å². The Kier molecular flexibility index (Phi) is 3.85. The molecule has 0 atom stereocenters. The molecule has 0 spiro atoms. The van der Waals surface area contributed by atoms with Crippen LogP contribution in [0.25, 0.3) is 5.65 Å². The lowest BCUT2D eigenvalue weighted by molar-refractivity contribution is 0.247. The Morgan fingerprint density at radius 2 is 2.10 bits per heavy atom. The summed E-state index contributed by atoms with van der Waals surface area (Å²) < 4.78 is 1.64. The number of hydrogen-bond acceptors (Lipinski definition) is 3. The van der Waals surface area contributed by atoms with Crippen LogP contribution in [0.2, 0.25) is 0 Å². The van der Waals surface area contributed by atoms with Crippen molar-refractivity contribution in [2.75, 3.05) is 5.32 Å². The number of carbonyl (C=O) groups excluding carboxylic acids is 1. The lowest BCUT2D eigenvalue weighted by atomic mass is 10.1. The topological polar surface area (TPSA) is 71.3 Å². The fourth-order valence-corrected chi connectivity index (χ4v) is 2.56. The third kappa shape index (κ3) is 3.21. The number of nitrogens with one attached hydrogen (secondary N) is 2. The summed E-state index contributed by atoms with van der Waals surface area (Å²) in [5, 5.41) is 10.2. The highest BCUT2D eigenvalue weighted by Gasteiger charge is 2.14. The van der Waals surface area contributed by atoms with Crippen molar-refractivity contribution in [2.45, 2.75) is 38.6 Å². The molecule has 0 aliphatic heterocycles. The van der Waals surface area contributed by atoms with Crippen LogP contribution in [0, 0.1) is 6.92 Å². The van der Waals surface area contributed by atoms with Crippen LogP contribution >= 0.6 is 0 Å². The molecule has 2 heterocycles. The summed E-state index contributed by atoms with van der Waals surface area (Å²) in [6.07, 6.45) is 10.0. The van der Waals surface area contributed by atoms with E-state index in [1.807, 2.05) is 13.0 Å². The van der Waals surface area contributed by atoms with Crippen LogP contribution in [0.3, 0.4) is 0 Å². The molecule has 2 amide bonds. The molecular formula is C15H19N5O. The van der Waals surface area contributed by atoms with Gasteiger partial charge in [-0.3, -0.25) is 5.32 Å². The quantitative estimate of drug-likeness (QED) is 0.833. The predicted molar refractivity (Wildman–Crippen MR) is 81.3 cm³/mol. The number of nitrogens with zero attached hydrogens (tertiary/aromatic N) is 3. The average Bonchev–Trinajstić information content (AvgIpc) is 2.66. The van der Waals surface area contributed by atoms with Gasteiger partial charge < -0.3 is 5.32 Å². The van der Waals surface area contributed by atoms with Crippen LogP contribution in [-0.2, 0) is 0 Å². The van der Waals surface area contributed by atoms with Gasteiger partial charge in [0.05, 0.1) is 5.69 Å². The number of carbonyl (C=O) groups is 1. The van der Waals surface area contributed by atoms with Crippen molar-refractivity contribution < 1.29 is 4.79 Å². The van der Waals surface area contributed by atoms with E-state index in [0.29, 0.717) is 5.82 Å². The molecule has 21 heavy (non-hydrogen) atoms. The fraction of sp³-hybridized carbons (Fsp3) is 0.400. The van der Waals surface area contributed by atoms with Gasteiger partial charge >= 0.3 is 6.03 Å². The van der Waals surface area contributed by atoms with Crippen molar-refractivity contribution in [2.24, 2.45) is 0 Å². The van der Waals surface area contributed by atoms with Crippen LogP contribution in [0.4, 0.5) is 10.6 Å². The van der Waals surface area contributed by atoms with Gasteiger partial charge in [-0.15, -0.1) is 0 Å². The highest BCUT2D eigenvalue weighted by atomic mass is 16.2. The lowest BCUT2D eigenvalue weighted by Crippen LogP contribution is -2.38. The number of amides is 2. The maximum Gasteiger partial charge on any atom is 0.320 e. The summed E-state index contributed by atoms with van der Waals surface area (Å²) in [6, 6.07) is 3.65. The van der Waals surface area contributed by atoms with E-state index in [0.717, 1.165) is 37.0 Å². The molecule has 6 nitrogen and oxygen atoms in total. The lowest BCUT2D eigenvalue weighted by Gasteiger charge is -2.16. The monoisotopic (exact) mass is 285 g/mol. The van der Waals surface area contributed by atoms with Crippen molar-refractivity contribution in [3.8, 4) is 0 Å². The number of allylic oxidation sites excluding steroid dienone is 2. The number of aryl methyl sites for hydroxylation is 1. The minimum atomic E-state index is -0.192. The summed E-state index contributed by atoms with van der Waals surface area (Å²) >= 11 is 0. The summed E-state index contributed by atoms with van der Waals surface area (Å²) in [7, 11) is 0. The van der Waals surface area contributed by atoms with Crippen molar-refractivity contribution in [1.29, 1.82) is 0 Å². The van der Waals surface area contributed by atoms with Gasteiger partial charge in [-0.25, -0.2) is 9.78 Å². The largest absolute Gasteiger partial charge is 0.335 e. The van der Waals surface area contributed by atoms with Gasteiger partial charge in [0.15, 0.2) is 5.65 Å². The molecular weight excluding hydrogens is 266 g/mol. The highest BCUT2D eigenvalue weighted by molar-refractivity contribution is 5.88. The molecule has 0 saturated carbocycles. The first kappa shape index (κ1) is 13.6. The maximum absolute atomic E-state index is 12.1. The molecule has 0 bridgehead atoms. The number of fused-ring (bicyclic) bond motifs is 1. The van der Waals surface area contributed by atoms with Crippen LogP contribution in [0.15, 0.2) is 30.5 Å². The van der Waals surface area contributed by atoms with Gasteiger partial charge in [0.1, 0.15) is 5.82 Å². The van der Waals surface area contributed by atoms with Crippen LogP contribution in [0.5, 0.6) is 0 Å². The molecule has 0 fully saturated rings. The summed E-state index contributed by atoms with van der Waals surface area (Å²) in [5.41, 5.74) is 1.59. The Hall–Kier alpha value is -2.37.